The zero-order valence-corrected chi connectivity index (χ0v) is 31.5. The third-order valence-corrected chi connectivity index (χ3v) is 13.8. The molecule has 8 aromatic rings. The van der Waals surface area contributed by atoms with Gasteiger partial charge in [-0.05, 0) is 67.8 Å². The fourth-order valence-electron chi connectivity index (χ4n) is 6.79. The molecule has 12 heteroatoms. The van der Waals surface area contributed by atoms with Crippen LogP contribution in [-0.4, -0.2) is 72.3 Å². The number of benzene rings is 4. The van der Waals surface area contributed by atoms with Crippen molar-refractivity contribution in [3.63, 3.8) is 0 Å². The van der Waals surface area contributed by atoms with E-state index in [9.17, 15) is 0 Å². The number of nitrogens with zero attached hydrogens (tertiary/aromatic N) is 8. The topological polar surface area (TPSA) is 64.5 Å². The first kappa shape index (κ1) is 32.5. The van der Waals surface area contributed by atoms with Gasteiger partial charge >= 0.3 is 0 Å². The Morgan fingerprint density at radius 2 is 0.549 bits per heavy atom. The number of para-hydroxylation sites is 4. The Bertz CT molecular complexity index is 2100. The summed E-state index contributed by atoms with van der Waals surface area (Å²) in [6.07, 6.45) is 3.04. The van der Waals surface area contributed by atoms with Crippen molar-refractivity contribution in [1.29, 1.82) is 0 Å². The maximum absolute atomic E-state index is 5.13. The smallest absolute Gasteiger partial charge is 0.186 e. The molecular weight excluding hydrogens is 709 g/mol. The van der Waals surface area contributed by atoms with Crippen LogP contribution in [0.3, 0.4) is 0 Å². The highest BCUT2D eigenvalue weighted by molar-refractivity contribution is 7.23. The maximum Gasteiger partial charge on any atom is 0.186 e. The summed E-state index contributed by atoms with van der Waals surface area (Å²) in [7, 11) is 0. The van der Waals surface area contributed by atoms with Crippen molar-refractivity contribution < 1.29 is 0 Å². The lowest BCUT2D eigenvalue weighted by Gasteiger charge is -2.28. The van der Waals surface area contributed by atoms with Gasteiger partial charge in [-0.1, -0.05) is 93.9 Å². The first-order valence-electron chi connectivity index (χ1n) is 17.7. The van der Waals surface area contributed by atoms with E-state index in [1.807, 2.05) is 0 Å². The van der Waals surface area contributed by atoms with Crippen LogP contribution in [0.4, 0.5) is 20.5 Å². The number of fused-ring (bicyclic) bond motifs is 4. The zero-order chi connectivity index (χ0) is 34.0. The maximum atomic E-state index is 5.13. The summed E-state index contributed by atoms with van der Waals surface area (Å²) in [6.45, 7) is 7.35. The molecule has 0 spiro atoms. The summed E-state index contributed by atoms with van der Waals surface area (Å²) in [5, 5.41) is 4.41. The van der Waals surface area contributed by atoms with Gasteiger partial charge in [-0.15, -0.1) is 0 Å². The second kappa shape index (κ2) is 14.7. The van der Waals surface area contributed by atoms with Crippen molar-refractivity contribution in [3.8, 4) is 0 Å². The summed E-state index contributed by atoms with van der Waals surface area (Å²) in [5.41, 5.74) is 4.30. The lowest BCUT2D eigenvalue weighted by atomic mass is 10.3. The molecule has 0 saturated carbocycles. The van der Waals surface area contributed by atoms with Gasteiger partial charge < -0.3 is 19.6 Å². The predicted octanol–water partition coefficient (Wildman–Crippen LogP) is 9.64. The second-order valence-corrected chi connectivity index (χ2v) is 16.9. The average Bonchev–Trinajstić information content (AvgIpc) is 3.97. The molecule has 0 aliphatic carbocycles. The van der Waals surface area contributed by atoms with Gasteiger partial charge in [-0.2, -0.15) is 0 Å². The van der Waals surface area contributed by atoms with Gasteiger partial charge in [0.05, 0.1) is 40.9 Å². The van der Waals surface area contributed by atoms with Crippen LogP contribution in [0.25, 0.3) is 40.9 Å². The molecule has 0 unspecified atom stereocenters. The van der Waals surface area contributed by atoms with E-state index in [2.05, 4.69) is 117 Å². The van der Waals surface area contributed by atoms with E-state index in [0.29, 0.717) is 0 Å². The molecule has 1 saturated heterocycles. The van der Waals surface area contributed by atoms with Crippen LogP contribution >= 0.6 is 45.3 Å². The summed E-state index contributed by atoms with van der Waals surface area (Å²) in [4.78, 5) is 30.5. The molecule has 0 atom stereocenters. The monoisotopic (exact) mass is 746 g/mol. The average molecular weight is 747 g/mol. The first-order valence-corrected chi connectivity index (χ1v) is 20.9. The van der Waals surface area contributed by atoms with Gasteiger partial charge in [-0.25, -0.2) is 19.9 Å². The van der Waals surface area contributed by atoms with Crippen LogP contribution in [0.15, 0.2) is 97.1 Å². The minimum atomic E-state index is 0.873. The summed E-state index contributed by atoms with van der Waals surface area (Å²) < 4.78 is 4.95. The minimum Gasteiger partial charge on any atom is -0.348 e. The third-order valence-electron chi connectivity index (χ3n) is 9.42. The van der Waals surface area contributed by atoms with Gasteiger partial charge in [-0.3, -0.25) is 0 Å². The van der Waals surface area contributed by atoms with Crippen molar-refractivity contribution in [2.45, 2.75) is 19.3 Å². The first-order chi connectivity index (χ1) is 25.2. The number of rotatable bonds is 4. The van der Waals surface area contributed by atoms with E-state index in [1.165, 1.54) is 18.8 Å². The van der Waals surface area contributed by atoms with E-state index in [4.69, 9.17) is 19.9 Å². The van der Waals surface area contributed by atoms with Crippen LogP contribution in [0.5, 0.6) is 0 Å². The molecule has 0 bridgehead atoms. The molecule has 4 aromatic carbocycles. The lowest BCUT2D eigenvalue weighted by Crippen LogP contribution is -2.38. The highest BCUT2D eigenvalue weighted by Crippen LogP contribution is 2.34. The molecule has 1 fully saturated rings. The SMILES string of the molecule is c1ccc2sc(N3CCCN(c4nc5ccccc5s4)CCCN(c4nc5ccccc5s4)CCN(c4nc5ccccc5s4)CCC3)nc2c1. The Balaban J connectivity index is 1.04. The molecule has 9 rings (SSSR count). The number of aromatic nitrogens is 4. The third kappa shape index (κ3) is 7.10. The van der Waals surface area contributed by atoms with Gasteiger partial charge in [0, 0.05) is 52.4 Å². The van der Waals surface area contributed by atoms with E-state index in [-0.39, 0.29) is 0 Å². The molecule has 4 aromatic heterocycles. The van der Waals surface area contributed by atoms with Crippen LogP contribution < -0.4 is 19.6 Å². The van der Waals surface area contributed by atoms with Gasteiger partial charge in [0.15, 0.2) is 20.5 Å². The number of anilines is 4. The molecule has 51 heavy (non-hydrogen) atoms. The van der Waals surface area contributed by atoms with Gasteiger partial charge in [0.25, 0.3) is 0 Å². The van der Waals surface area contributed by atoms with Crippen LogP contribution in [0, 0.1) is 0 Å². The minimum absolute atomic E-state index is 0.873. The molecule has 258 valence electrons. The summed E-state index contributed by atoms with van der Waals surface area (Å²) in [6, 6.07) is 34.0. The van der Waals surface area contributed by atoms with Gasteiger partial charge in [0.2, 0.25) is 0 Å². The quantitative estimate of drug-likeness (QED) is 0.177. The highest BCUT2D eigenvalue weighted by Gasteiger charge is 2.21. The van der Waals surface area contributed by atoms with Crippen LogP contribution in [0.1, 0.15) is 19.3 Å². The molecule has 0 amide bonds. The number of thiazole rings is 4. The van der Waals surface area contributed by atoms with Crippen LogP contribution in [0.2, 0.25) is 0 Å². The normalized spacial score (nSPS) is 16.0. The Labute approximate surface area is 313 Å². The fraction of sp³-hybridized carbons (Fsp3) is 0.282. The largest absolute Gasteiger partial charge is 0.348 e. The number of hydrogen-bond donors (Lipinski definition) is 0. The molecule has 1 aliphatic heterocycles. The van der Waals surface area contributed by atoms with Crippen molar-refractivity contribution in [2.75, 3.05) is 72.0 Å². The van der Waals surface area contributed by atoms with Crippen LogP contribution in [-0.2, 0) is 0 Å². The Kier molecular flexibility index (Phi) is 9.38. The van der Waals surface area contributed by atoms with E-state index in [1.54, 1.807) is 45.3 Å². The van der Waals surface area contributed by atoms with E-state index in [0.717, 1.165) is 114 Å². The predicted molar refractivity (Wildman–Crippen MR) is 221 cm³/mol. The standard InChI is InChI=1S/C39H38N8S4/c1-5-16-32-28(12-1)40-36(48-32)44-20-9-21-45(37-41-29-13-2-6-17-33(29)49-37)23-11-25-47(39-43-31-15-4-8-19-35(31)51-39)27-26-46(24-10-22-44)38-42-30-14-3-7-18-34(30)50-38/h1-8,12-19H,9-11,20-27H2. The van der Waals surface area contributed by atoms with Crippen molar-refractivity contribution in [1.82, 2.24) is 19.9 Å². The Morgan fingerprint density at radius 1 is 0.314 bits per heavy atom. The van der Waals surface area contributed by atoms with Crippen molar-refractivity contribution in [2.24, 2.45) is 0 Å². The number of hydrogen-bond acceptors (Lipinski definition) is 12. The Morgan fingerprint density at radius 3 is 0.804 bits per heavy atom. The lowest BCUT2D eigenvalue weighted by molar-refractivity contribution is 0.658. The molecule has 8 nitrogen and oxygen atoms in total. The fourth-order valence-corrected chi connectivity index (χ4v) is 10.9. The van der Waals surface area contributed by atoms with Crippen molar-refractivity contribution in [3.05, 3.63) is 97.1 Å². The zero-order valence-electron chi connectivity index (χ0n) is 28.2. The highest BCUT2D eigenvalue weighted by atomic mass is 32.1. The molecule has 0 radical (unpaired) electrons. The van der Waals surface area contributed by atoms with Crippen molar-refractivity contribution >= 4 is 107 Å². The van der Waals surface area contributed by atoms with E-state index < -0.39 is 0 Å². The Hall–Kier alpha value is -4.36. The summed E-state index contributed by atoms with van der Waals surface area (Å²) >= 11 is 7.21. The molecule has 5 heterocycles. The van der Waals surface area contributed by atoms with E-state index >= 15 is 0 Å². The summed E-state index contributed by atoms with van der Waals surface area (Å²) in [5.74, 6) is 0. The second-order valence-electron chi connectivity index (χ2n) is 12.9. The molecule has 0 N–H and O–H groups in total. The molecule has 1 aliphatic rings. The molecular formula is C39H38N8S4. The van der Waals surface area contributed by atoms with Gasteiger partial charge in [0.1, 0.15) is 0 Å².